The Morgan fingerprint density at radius 1 is 0.903 bits per heavy atom. The zero-order valence-electron chi connectivity index (χ0n) is 18.3. The molecule has 0 aliphatic rings. The number of benzene rings is 1. The van der Waals surface area contributed by atoms with E-state index in [2.05, 4.69) is 78.0 Å². The first kappa shape index (κ1) is 21.9. The lowest BCUT2D eigenvalue weighted by Gasteiger charge is -2.17. The molecule has 0 fully saturated rings. The number of aromatic nitrogens is 2. The van der Waals surface area contributed by atoms with Gasteiger partial charge in [-0.3, -0.25) is 4.90 Å². The summed E-state index contributed by atoms with van der Waals surface area (Å²) in [5, 5.41) is 6.74. The first-order chi connectivity index (χ1) is 15.1. The topological polar surface area (TPSA) is 44.3 Å². The lowest BCUT2D eigenvalue weighted by Crippen LogP contribution is -2.20. The molecule has 1 N–H and O–H groups in total. The number of nitrogens with zero attached hydrogens (tertiary/aromatic N) is 4. The maximum atomic E-state index is 4.87. The fourth-order valence-electron chi connectivity index (χ4n) is 3.51. The van der Waals surface area contributed by atoms with Gasteiger partial charge in [0, 0.05) is 33.1 Å². The van der Waals surface area contributed by atoms with Crippen molar-refractivity contribution in [3.05, 3.63) is 64.6 Å². The fourth-order valence-corrected chi connectivity index (χ4v) is 5.43. The summed E-state index contributed by atoms with van der Waals surface area (Å²) in [6.45, 7) is 3.55. The number of hydrogen-bond donors (Lipinski definition) is 1. The van der Waals surface area contributed by atoms with Gasteiger partial charge in [0.25, 0.3) is 0 Å². The van der Waals surface area contributed by atoms with Crippen LogP contribution in [-0.4, -0.2) is 54.0 Å². The fraction of sp³-hybridized carbons (Fsp3) is 0.333. The highest BCUT2D eigenvalue weighted by atomic mass is 32.1. The molecule has 4 rings (SSSR count). The maximum absolute atomic E-state index is 4.87. The van der Waals surface area contributed by atoms with Gasteiger partial charge in [-0.2, -0.15) is 0 Å². The summed E-state index contributed by atoms with van der Waals surface area (Å²) in [6, 6.07) is 17.0. The molecule has 1 aromatic carbocycles. The van der Waals surface area contributed by atoms with Gasteiger partial charge in [0.1, 0.15) is 11.6 Å². The Balaban J connectivity index is 1.44. The zero-order chi connectivity index (χ0) is 21.6. The molecule has 3 heterocycles. The highest BCUT2D eigenvalue weighted by Crippen LogP contribution is 2.32. The summed E-state index contributed by atoms with van der Waals surface area (Å²) in [5.74, 6) is 1.79. The third-order valence-corrected chi connectivity index (χ3v) is 7.12. The number of rotatable bonds is 10. The van der Waals surface area contributed by atoms with Gasteiger partial charge in [0.2, 0.25) is 0 Å². The van der Waals surface area contributed by atoms with Gasteiger partial charge >= 0.3 is 0 Å². The van der Waals surface area contributed by atoms with Crippen molar-refractivity contribution in [2.75, 3.05) is 39.5 Å². The molecule has 0 unspecified atom stereocenters. The van der Waals surface area contributed by atoms with E-state index >= 15 is 0 Å². The van der Waals surface area contributed by atoms with E-state index < -0.39 is 0 Å². The number of hydrogen-bond acceptors (Lipinski definition) is 7. The molecule has 0 spiro atoms. The van der Waals surface area contributed by atoms with Crippen molar-refractivity contribution in [1.82, 2.24) is 19.8 Å². The van der Waals surface area contributed by atoms with Crippen molar-refractivity contribution in [2.45, 2.75) is 19.5 Å². The van der Waals surface area contributed by atoms with E-state index in [1.54, 1.807) is 11.3 Å². The number of para-hydroxylation sites is 1. The van der Waals surface area contributed by atoms with Crippen LogP contribution in [0.3, 0.4) is 0 Å². The van der Waals surface area contributed by atoms with E-state index in [1.165, 1.54) is 14.6 Å². The number of thiophene rings is 2. The number of nitrogens with one attached hydrogen (secondary N) is 1. The third kappa shape index (κ3) is 5.89. The van der Waals surface area contributed by atoms with Gasteiger partial charge in [-0.15, -0.1) is 22.7 Å². The molecule has 0 amide bonds. The highest BCUT2D eigenvalue weighted by molar-refractivity contribution is 7.21. The average Bonchev–Trinajstić information content (AvgIpc) is 3.43. The van der Waals surface area contributed by atoms with Crippen LogP contribution in [0.4, 0.5) is 5.82 Å². The lowest BCUT2D eigenvalue weighted by atomic mass is 10.2. The molecule has 162 valence electrons. The summed E-state index contributed by atoms with van der Waals surface area (Å²) in [5.41, 5.74) is 0.993. The van der Waals surface area contributed by atoms with E-state index in [4.69, 9.17) is 9.97 Å². The maximum Gasteiger partial charge on any atom is 0.145 e. The summed E-state index contributed by atoms with van der Waals surface area (Å²) >= 11 is 3.65. The van der Waals surface area contributed by atoms with E-state index in [0.29, 0.717) is 6.54 Å². The second-order valence-electron chi connectivity index (χ2n) is 8.00. The summed E-state index contributed by atoms with van der Waals surface area (Å²) in [4.78, 5) is 18.2. The van der Waals surface area contributed by atoms with Crippen LogP contribution in [0.2, 0.25) is 0 Å². The average molecular weight is 452 g/mol. The SMILES string of the molecule is CN(C)CCCNc1nc(CN(C)Cc2ccc(-c3cccs3)s2)nc2ccccc12. The Hall–Kier alpha value is -2.32. The van der Waals surface area contributed by atoms with Crippen LogP contribution in [0.15, 0.2) is 53.9 Å². The Morgan fingerprint density at radius 2 is 1.77 bits per heavy atom. The third-order valence-electron chi connectivity index (χ3n) is 4.99. The van der Waals surface area contributed by atoms with Gasteiger partial charge in [-0.1, -0.05) is 18.2 Å². The highest BCUT2D eigenvalue weighted by Gasteiger charge is 2.11. The van der Waals surface area contributed by atoms with Crippen LogP contribution >= 0.6 is 22.7 Å². The largest absolute Gasteiger partial charge is 0.369 e. The van der Waals surface area contributed by atoms with Crippen molar-refractivity contribution in [3.63, 3.8) is 0 Å². The minimum Gasteiger partial charge on any atom is -0.369 e. The van der Waals surface area contributed by atoms with Crippen LogP contribution in [0, 0.1) is 0 Å². The molecule has 3 aromatic heterocycles. The molecule has 7 heteroatoms. The van der Waals surface area contributed by atoms with Crippen LogP contribution in [0.5, 0.6) is 0 Å². The van der Waals surface area contributed by atoms with Gasteiger partial charge in [-0.25, -0.2) is 9.97 Å². The summed E-state index contributed by atoms with van der Waals surface area (Å²) < 4.78 is 0. The van der Waals surface area contributed by atoms with E-state index in [-0.39, 0.29) is 0 Å². The predicted molar refractivity (Wildman–Crippen MR) is 134 cm³/mol. The summed E-state index contributed by atoms with van der Waals surface area (Å²) in [6.07, 6.45) is 1.07. The van der Waals surface area contributed by atoms with Crippen molar-refractivity contribution >= 4 is 39.4 Å². The molecule has 0 saturated heterocycles. The molecule has 0 aliphatic carbocycles. The van der Waals surface area contributed by atoms with Gasteiger partial charge in [-0.05, 0) is 69.8 Å². The number of fused-ring (bicyclic) bond motifs is 1. The number of anilines is 1. The molecule has 0 bridgehead atoms. The molecule has 4 aromatic rings. The van der Waals surface area contributed by atoms with Gasteiger partial charge in [0.05, 0.1) is 12.1 Å². The van der Waals surface area contributed by atoms with Crippen LogP contribution in [0.25, 0.3) is 20.7 Å². The van der Waals surface area contributed by atoms with Crippen molar-refractivity contribution in [3.8, 4) is 9.75 Å². The molecule has 5 nitrogen and oxygen atoms in total. The van der Waals surface area contributed by atoms with Crippen molar-refractivity contribution in [1.29, 1.82) is 0 Å². The van der Waals surface area contributed by atoms with E-state index in [1.807, 2.05) is 23.5 Å². The Bertz CT molecular complexity index is 1100. The molecular weight excluding hydrogens is 422 g/mol. The van der Waals surface area contributed by atoms with Crippen LogP contribution in [-0.2, 0) is 13.1 Å². The summed E-state index contributed by atoms with van der Waals surface area (Å²) in [7, 11) is 6.34. The second-order valence-corrected chi connectivity index (χ2v) is 10.1. The molecular formula is C24H29N5S2. The molecule has 0 atom stereocenters. The Labute approximate surface area is 192 Å². The van der Waals surface area contributed by atoms with Crippen LogP contribution in [0.1, 0.15) is 17.1 Å². The minimum absolute atomic E-state index is 0.712. The predicted octanol–water partition coefficient (Wildman–Crippen LogP) is 5.42. The van der Waals surface area contributed by atoms with Crippen molar-refractivity contribution < 1.29 is 0 Å². The Morgan fingerprint density at radius 3 is 2.58 bits per heavy atom. The van der Waals surface area contributed by atoms with Gasteiger partial charge < -0.3 is 10.2 Å². The van der Waals surface area contributed by atoms with Crippen molar-refractivity contribution in [2.24, 2.45) is 0 Å². The first-order valence-electron chi connectivity index (χ1n) is 10.5. The minimum atomic E-state index is 0.712. The smallest absolute Gasteiger partial charge is 0.145 e. The normalized spacial score (nSPS) is 11.6. The van der Waals surface area contributed by atoms with E-state index in [9.17, 15) is 0 Å². The molecule has 0 saturated carbocycles. The zero-order valence-corrected chi connectivity index (χ0v) is 20.0. The standard InChI is InChI=1S/C24H29N5S2/c1-28(2)14-7-13-25-24-19-8-4-5-9-20(19)26-23(27-24)17-29(3)16-18-11-12-22(31-18)21-10-6-15-30-21/h4-6,8-12,15H,7,13-14,16-17H2,1-3H3,(H,25,26,27). The lowest BCUT2D eigenvalue weighted by molar-refractivity contribution is 0.314. The quantitative estimate of drug-likeness (QED) is 0.326. The van der Waals surface area contributed by atoms with Gasteiger partial charge in [0.15, 0.2) is 0 Å². The first-order valence-corrected chi connectivity index (χ1v) is 12.2. The second kappa shape index (κ2) is 10.3. The Kier molecular flexibility index (Phi) is 7.29. The molecule has 31 heavy (non-hydrogen) atoms. The molecule has 0 radical (unpaired) electrons. The monoisotopic (exact) mass is 451 g/mol. The van der Waals surface area contributed by atoms with Crippen LogP contribution < -0.4 is 5.32 Å². The molecule has 0 aliphatic heterocycles. The van der Waals surface area contributed by atoms with E-state index in [0.717, 1.165) is 48.6 Å².